The molecule has 0 aliphatic heterocycles. The van der Waals surface area contributed by atoms with Crippen molar-refractivity contribution in [2.75, 3.05) is 14.1 Å². The molecule has 0 heterocycles. The summed E-state index contributed by atoms with van der Waals surface area (Å²) in [6.07, 6.45) is 0. The van der Waals surface area contributed by atoms with Crippen LogP contribution in [-0.2, 0) is 10.0 Å². The number of phenolic OH excluding ortho intramolecular Hbond substituents is 2. The quantitative estimate of drug-likeness (QED) is 0.818. The standard InChI is InChI=1S/C16H13N3O4S/c1-19(2)24(22,23)12-5-3-10(4-6-12)15-11(8-17)7-14(20)16(21)13(15)9-18/h3-7,20-21H,1-2H3. The molecule has 0 saturated heterocycles. The van der Waals surface area contributed by atoms with Crippen molar-refractivity contribution >= 4 is 10.0 Å². The second-order valence-electron chi connectivity index (χ2n) is 5.08. The zero-order valence-electron chi connectivity index (χ0n) is 12.8. The highest BCUT2D eigenvalue weighted by Gasteiger charge is 2.21. The average molecular weight is 343 g/mol. The number of hydrogen-bond donors (Lipinski definition) is 2. The van der Waals surface area contributed by atoms with E-state index >= 15 is 0 Å². The summed E-state index contributed by atoms with van der Waals surface area (Å²) in [5.41, 5.74) is 0.236. The predicted octanol–water partition coefficient (Wildman–Crippen LogP) is 1.76. The summed E-state index contributed by atoms with van der Waals surface area (Å²) in [4.78, 5) is 0.0521. The molecule has 0 radical (unpaired) electrons. The molecule has 0 spiro atoms. The summed E-state index contributed by atoms with van der Waals surface area (Å²) in [5, 5.41) is 37.9. The van der Waals surface area contributed by atoms with Gasteiger partial charge in [-0.05, 0) is 17.7 Å². The Kier molecular flexibility index (Phi) is 4.47. The number of nitriles is 2. The van der Waals surface area contributed by atoms with Gasteiger partial charge >= 0.3 is 0 Å². The number of rotatable bonds is 3. The SMILES string of the molecule is CN(C)S(=O)(=O)c1ccc(-c2c(C#N)cc(O)c(O)c2C#N)cc1. The molecule has 122 valence electrons. The Morgan fingerprint density at radius 3 is 2.08 bits per heavy atom. The summed E-state index contributed by atoms with van der Waals surface area (Å²) in [6.45, 7) is 0. The number of aromatic hydroxyl groups is 2. The number of nitrogens with zero attached hydrogens (tertiary/aromatic N) is 3. The molecule has 8 heteroatoms. The first kappa shape index (κ1) is 17.3. The predicted molar refractivity (Wildman–Crippen MR) is 85.5 cm³/mol. The van der Waals surface area contributed by atoms with Crippen molar-refractivity contribution in [1.82, 2.24) is 4.31 Å². The molecule has 0 unspecified atom stereocenters. The lowest BCUT2D eigenvalue weighted by atomic mass is 9.94. The first-order valence-corrected chi connectivity index (χ1v) is 8.10. The fourth-order valence-electron chi connectivity index (χ4n) is 2.16. The van der Waals surface area contributed by atoms with E-state index in [4.69, 9.17) is 0 Å². The Hall–Kier alpha value is -3.07. The van der Waals surface area contributed by atoms with Crippen molar-refractivity contribution in [3.63, 3.8) is 0 Å². The Morgan fingerprint density at radius 1 is 1.04 bits per heavy atom. The van der Waals surface area contributed by atoms with E-state index in [1.54, 1.807) is 6.07 Å². The average Bonchev–Trinajstić information content (AvgIpc) is 2.56. The largest absolute Gasteiger partial charge is 0.504 e. The second kappa shape index (κ2) is 6.20. The van der Waals surface area contributed by atoms with Crippen LogP contribution in [-0.4, -0.2) is 37.0 Å². The van der Waals surface area contributed by atoms with Crippen LogP contribution in [0.3, 0.4) is 0 Å². The molecule has 2 rings (SSSR count). The van der Waals surface area contributed by atoms with Gasteiger partial charge in [-0.25, -0.2) is 12.7 Å². The zero-order chi connectivity index (χ0) is 18.1. The van der Waals surface area contributed by atoms with Crippen LogP contribution in [0.2, 0.25) is 0 Å². The van der Waals surface area contributed by atoms with Gasteiger partial charge in [-0.2, -0.15) is 10.5 Å². The molecule has 7 nitrogen and oxygen atoms in total. The van der Waals surface area contributed by atoms with Crippen molar-refractivity contribution in [2.24, 2.45) is 0 Å². The topological polar surface area (TPSA) is 125 Å². The molecule has 0 atom stereocenters. The van der Waals surface area contributed by atoms with Crippen LogP contribution in [0, 0.1) is 22.7 Å². The van der Waals surface area contributed by atoms with Crippen molar-refractivity contribution in [3.8, 4) is 34.8 Å². The maximum absolute atomic E-state index is 12.1. The highest BCUT2D eigenvalue weighted by Crippen LogP contribution is 2.39. The van der Waals surface area contributed by atoms with Gasteiger partial charge in [0.25, 0.3) is 0 Å². The molecule has 0 aliphatic carbocycles. The van der Waals surface area contributed by atoms with Crippen LogP contribution in [0.15, 0.2) is 35.2 Å². The van der Waals surface area contributed by atoms with Gasteiger partial charge in [-0.3, -0.25) is 0 Å². The van der Waals surface area contributed by atoms with Gasteiger partial charge < -0.3 is 10.2 Å². The van der Waals surface area contributed by atoms with Crippen LogP contribution in [0.1, 0.15) is 11.1 Å². The van der Waals surface area contributed by atoms with Gasteiger partial charge in [0.05, 0.1) is 16.5 Å². The second-order valence-corrected chi connectivity index (χ2v) is 7.23. The highest BCUT2D eigenvalue weighted by molar-refractivity contribution is 7.89. The Bertz CT molecular complexity index is 982. The third kappa shape index (κ3) is 2.76. The molecule has 0 fully saturated rings. The van der Waals surface area contributed by atoms with Crippen LogP contribution < -0.4 is 0 Å². The molecule has 0 saturated carbocycles. The van der Waals surface area contributed by atoms with E-state index in [1.807, 2.05) is 6.07 Å². The maximum Gasteiger partial charge on any atom is 0.242 e. The molecule has 0 bridgehead atoms. The van der Waals surface area contributed by atoms with Crippen LogP contribution >= 0.6 is 0 Å². The molecular weight excluding hydrogens is 330 g/mol. The van der Waals surface area contributed by atoms with E-state index in [1.165, 1.54) is 38.4 Å². The number of hydrogen-bond acceptors (Lipinski definition) is 6. The van der Waals surface area contributed by atoms with Crippen LogP contribution in [0.5, 0.6) is 11.5 Å². The molecule has 0 amide bonds. The molecule has 0 aliphatic rings. The minimum atomic E-state index is -3.61. The van der Waals surface area contributed by atoms with Crippen molar-refractivity contribution in [3.05, 3.63) is 41.5 Å². The first-order valence-electron chi connectivity index (χ1n) is 6.66. The number of benzene rings is 2. The van der Waals surface area contributed by atoms with E-state index in [9.17, 15) is 29.2 Å². The van der Waals surface area contributed by atoms with Gasteiger partial charge in [0.15, 0.2) is 11.5 Å². The molecule has 2 N–H and O–H groups in total. The molecule has 24 heavy (non-hydrogen) atoms. The van der Waals surface area contributed by atoms with E-state index in [2.05, 4.69) is 0 Å². The fourth-order valence-corrected chi connectivity index (χ4v) is 3.06. The van der Waals surface area contributed by atoms with Gasteiger partial charge in [-0.1, -0.05) is 12.1 Å². The Balaban J connectivity index is 2.69. The lowest BCUT2D eigenvalue weighted by molar-refractivity contribution is 0.402. The van der Waals surface area contributed by atoms with E-state index < -0.39 is 21.5 Å². The summed E-state index contributed by atoms with van der Waals surface area (Å²) >= 11 is 0. The number of sulfonamides is 1. The normalized spacial score (nSPS) is 11.0. The monoisotopic (exact) mass is 343 g/mol. The van der Waals surface area contributed by atoms with Crippen molar-refractivity contribution in [1.29, 1.82) is 10.5 Å². The van der Waals surface area contributed by atoms with Crippen LogP contribution in [0.4, 0.5) is 0 Å². The lowest BCUT2D eigenvalue weighted by Gasteiger charge is -2.13. The first-order chi connectivity index (χ1) is 11.2. The molecule has 0 aromatic heterocycles. The summed E-state index contributed by atoms with van der Waals surface area (Å²) in [5.74, 6) is -1.20. The minimum Gasteiger partial charge on any atom is -0.504 e. The summed E-state index contributed by atoms with van der Waals surface area (Å²) in [7, 11) is -0.797. The summed E-state index contributed by atoms with van der Waals surface area (Å²) in [6, 6.07) is 10.2. The van der Waals surface area contributed by atoms with E-state index in [-0.39, 0.29) is 21.6 Å². The van der Waals surface area contributed by atoms with Gasteiger partial charge in [0.1, 0.15) is 11.6 Å². The Morgan fingerprint density at radius 2 is 1.62 bits per heavy atom. The van der Waals surface area contributed by atoms with E-state index in [0.29, 0.717) is 5.56 Å². The fraction of sp³-hybridized carbons (Fsp3) is 0.125. The summed E-state index contributed by atoms with van der Waals surface area (Å²) < 4.78 is 25.2. The third-order valence-corrected chi connectivity index (χ3v) is 5.26. The molecular formula is C16H13N3O4S. The third-order valence-electron chi connectivity index (χ3n) is 3.43. The lowest BCUT2D eigenvalue weighted by Crippen LogP contribution is -2.22. The van der Waals surface area contributed by atoms with Crippen molar-refractivity contribution < 1.29 is 18.6 Å². The number of phenols is 2. The van der Waals surface area contributed by atoms with Crippen molar-refractivity contribution in [2.45, 2.75) is 4.90 Å². The zero-order valence-corrected chi connectivity index (χ0v) is 13.7. The van der Waals surface area contributed by atoms with E-state index in [0.717, 1.165) is 10.4 Å². The van der Waals surface area contributed by atoms with Gasteiger partial charge in [-0.15, -0.1) is 0 Å². The maximum atomic E-state index is 12.1. The van der Waals surface area contributed by atoms with Gasteiger partial charge in [0, 0.05) is 25.7 Å². The van der Waals surface area contributed by atoms with Gasteiger partial charge in [0.2, 0.25) is 10.0 Å². The Labute approximate surface area is 139 Å². The van der Waals surface area contributed by atoms with Crippen LogP contribution in [0.25, 0.3) is 11.1 Å². The highest BCUT2D eigenvalue weighted by atomic mass is 32.2. The minimum absolute atomic E-state index is 0.00920. The smallest absolute Gasteiger partial charge is 0.242 e. The molecule has 2 aromatic rings. The molecule has 2 aromatic carbocycles.